The van der Waals surface area contributed by atoms with Crippen molar-refractivity contribution in [2.45, 2.75) is 19.4 Å². The number of carbonyl (C=O) groups excluding carboxylic acids is 2. The van der Waals surface area contributed by atoms with Crippen molar-refractivity contribution < 1.29 is 19.1 Å². The van der Waals surface area contributed by atoms with Crippen molar-refractivity contribution in [3.05, 3.63) is 95.6 Å². The van der Waals surface area contributed by atoms with Crippen LogP contribution in [0.3, 0.4) is 0 Å². The molecule has 0 bridgehead atoms. The molecule has 0 saturated carbocycles. The summed E-state index contributed by atoms with van der Waals surface area (Å²) in [4.78, 5) is 23.4. The summed E-state index contributed by atoms with van der Waals surface area (Å²) in [5.74, 6) is 0.406. The molecule has 3 aromatic rings. The zero-order valence-electron chi connectivity index (χ0n) is 16.3. The highest BCUT2D eigenvalue weighted by Crippen LogP contribution is 2.17. The number of hydrogen-bond acceptors (Lipinski definition) is 4. The number of aryl methyl sites for hydroxylation is 1. The predicted octanol–water partition coefficient (Wildman–Crippen LogP) is 4.62. The number of hydrogen-bond donors (Lipinski definition) is 1. The first-order valence-electron chi connectivity index (χ1n) is 9.38. The lowest BCUT2D eigenvalue weighted by Crippen LogP contribution is -2.11. The fourth-order valence-electron chi connectivity index (χ4n) is 2.74. The SMILES string of the molecule is COC(=O)CCc1ccc(OCc2ccc(NC(=O)c3ccccc3)cc2)cc1. The van der Waals surface area contributed by atoms with E-state index >= 15 is 0 Å². The summed E-state index contributed by atoms with van der Waals surface area (Å²) < 4.78 is 10.5. The first-order chi connectivity index (χ1) is 14.1. The normalized spacial score (nSPS) is 10.2. The second kappa shape index (κ2) is 10.1. The lowest BCUT2D eigenvalue weighted by Gasteiger charge is -2.09. The molecule has 5 heteroatoms. The molecule has 1 N–H and O–H groups in total. The maximum Gasteiger partial charge on any atom is 0.305 e. The van der Waals surface area contributed by atoms with E-state index in [4.69, 9.17) is 4.74 Å². The highest BCUT2D eigenvalue weighted by atomic mass is 16.5. The van der Waals surface area contributed by atoms with Crippen LogP contribution in [0, 0.1) is 0 Å². The van der Waals surface area contributed by atoms with E-state index in [9.17, 15) is 9.59 Å². The lowest BCUT2D eigenvalue weighted by molar-refractivity contribution is -0.140. The maximum absolute atomic E-state index is 12.2. The van der Waals surface area contributed by atoms with Gasteiger partial charge in [-0.1, -0.05) is 42.5 Å². The molecule has 0 fully saturated rings. The minimum Gasteiger partial charge on any atom is -0.489 e. The number of ether oxygens (including phenoxy) is 2. The highest BCUT2D eigenvalue weighted by Gasteiger charge is 2.05. The van der Waals surface area contributed by atoms with Crippen molar-refractivity contribution in [2.75, 3.05) is 12.4 Å². The average Bonchev–Trinajstić information content (AvgIpc) is 2.78. The molecule has 3 aromatic carbocycles. The predicted molar refractivity (Wildman–Crippen MR) is 112 cm³/mol. The van der Waals surface area contributed by atoms with Crippen LogP contribution in [0.4, 0.5) is 5.69 Å². The molecule has 0 saturated heterocycles. The fourth-order valence-corrected chi connectivity index (χ4v) is 2.74. The van der Waals surface area contributed by atoms with Gasteiger partial charge in [-0.2, -0.15) is 0 Å². The van der Waals surface area contributed by atoms with Gasteiger partial charge in [-0.15, -0.1) is 0 Å². The summed E-state index contributed by atoms with van der Waals surface area (Å²) in [5, 5.41) is 2.88. The number of esters is 1. The third-order valence-electron chi connectivity index (χ3n) is 4.42. The Morgan fingerprint density at radius 1 is 0.828 bits per heavy atom. The van der Waals surface area contributed by atoms with E-state index in [0.29, 0.717) is 25.0 Å². The summed E-state index contributed by atoms with van der Waals surface area (Å²) in [6, 6.07) is 24.3. The van der Waals surface area contributed by atoms with Gasteiger partial charge in [-0.25, -0.2) is 0 Å². The zero-order chi connectivity index (χ0) is 20.5. The first kappa shape index (κ1) is 20.1. The number of rotatable bonds is 8. The van der Waals surface area contributed by atoms with Crippen molar-refractivity contribution in [2.24, 2.45) is 0 Å². The van der Waals surface area contributed by atoms with Gasteiger partial charge in [0.05, 0.1) is 7.11 Å². The number of nitrogens with one attached hydrogen (secondary N) is 1. The monoisotopic (exact) mass is 389 g/mol. The first-order valence-corrected chi connectivity index (χ1v) is 9.38. The second-order valence-corrected chi connectivity index (χ2v) is 6.53. The Bertz CT molecular complexity index is 935. The van der Waals surface area contributed by atoms with E-state index in [1.54, 1.807) is 12.1 Å². The maximum atomic E-state index is 12.2. The molecular formula is C24H23NO4. The van der Waals surface area contributed by atoms with Gasteiger partial charge in [0.25, 0.3) is 5.91 Å². The van der Waals surface area contributed by atoms with Gasteiger partial charge in [0.1, 0.15) is 12.4 Å². The molecule has 0 aliphatic carbocycles. The van der Waals surface area contributed by atoms with E-state index in [0.717, 1.165) is 22.6 Å². The van der Waals surface area contributed by atoms with Crippen LogP contribution in [0.2, 0.25) is 0 Å². The van der Waals surface area contributed by atoms with Gasteiger partial charge in [0.2, 0.25) is 0 Å². The van der Waals surface area contributed by atoms with Gasteiger partial charge < -0.3 is 14.8 Å². The summed E-state index contributed by atoms with van der Waals surface area (Å²) in [6.07, 6.45) is 1.01. The second-order valence-electron chi connectivity index (χ2n) is 6.53. The summed E-state index contributed by atoms with van der Waals surface area (Å²) in [6.45, 7) is 0.425. The lowest BCUT2D eigenvalue weighted by atomic mass is 10.1. The topological polar surface area (TPSA) is 64.6 Å². The van der Waals surface area contributed by atoms with Gasteiger partial charge in [-0.05, 0) is 53.9 Å². The van der Waals surface area contributed by atoms with Crippen LogP contribution in [0.15, 0.2) is 78.9 Å². The molecule has 29 heavy (non-hydrogen) atoms. The average molecular weight is 389 g/mol. The molecule has 0 aromatic heterocycles. The summed E-state index contributed by atoms with van der Waals surface area (Å²) in [5.41, 5.74) is 3.41. The number of amides is 1. The molecule has 0 atom stereocenters. The van der Waals surface area contributed by atoms with Crippen LogP contribution in [0.1, 0.15) is 27.9 Å². The van der Waals surface area contributed by atoms with E-state index in [1.165, 1.54) is 7.11 Å². The third kappa shape index (κ3) is 6.21. The van der Waals surface area contributed by atoms with Crippen molar-refractivity contribution in [1.82, 2.24) is 0 Å². The van der Waals surface area contributed by atoms with E-state index in [2.05, 4.69) is 10.1 Å². The van der Waals surface area contributed by atoms with Crippen molar-refractivity contribution in [3.8, 4) is 5.75 Å². The van der Waals surface area contributed by atoms with Crippen LogP contribution >= 0.6 is 0 Å². The molecule has 3 rings (SSSR count). The standard InChI is InChI=1S/C24H23NO4/c1-28-23(26)16-11-18-9-14-22(15-10-18)29-17-19-7-12-21(13-8-19)25-24(27)20-5-3-2-4-6-20/h2-10,12-15H,11,16-17H2,1H3,(H,25,27). The van der Waals surface area contributed by atoms with Crippen molar-refractivity contribution in [1.29, 1.82) is 0 Å². The molecule has 1 amide bonds. The summed E-state index contributed by atoms with van der Waals surface area (Å²) in [7, 11) is 1.39. The third-order valence-corrected chi connectivity index (χ3v) is 4.42. The van der Waals surface area contributed by atoms with E-state index in [1.807, 2.05) is 66.7 Å². The van der Waals surface area contributed by atoms with Crippen molar-refractivity contribution >= 4 is 17.6 Å². The molecule has 0 radical (unpaired) electrons. The smallest absolute Gasteiger partial charge is 0.305 e. The Morgan fingerprint density at radius 3 is 2.14 bits per heavy atom. The molecule has 5 nitrogen and oxygen atoms in total. The van der Waals surface area contributed by atoms with Crippen LogP contribution in [-0.2, 0) is 22.6 Å². The summed E-state index contributed by atoms with van der Waals surface area (Å²) >= 11 is 0. The minimum absolute atomic E-state index is 0.137. The van der Waals surface area contributed by atoms with Crippen LogP contribution in [0.25, 0.3) is 0 Å². The Labute approximate surface area is 170 Å². The number of carbonyl (C=O) groups is 2. The Kier molecular flexibility index (Phi) is 7.00. The molecular weight excluding hydrogens is 366 g/mol. The largest absolute Gasteiger partial charge is 0.489 e. The molecule has 0 aliphatic rings. The van der Waals surface area contributed by atoms with E-state index in [-0.39, 0.29) is 11.9 Å². The van der Waals surface area contributed by atoms with Gasteiger partial charge in [0, 0.05) is 17.7 Å². The minimum atomic E-state index is -0.214. The quantitative estimate of drug-likeness (QED) is 0.571. The Balaban J connectivity index is 1.48. The van der Waals surface area contributed by atoms with Crippen LogP contribution in [0.5, 0.6) is 5.75 Å². The van der Waals surface area contributed by atoms with Gasteiger partial charge >= 0.3 is 5.97 Å². The molecule has 0 spiro atoms. The number of anilines is 1. The Hall–Kier alpha value is -3.60. The zero-order valence-corrected chi connectivity index (χ0v) is 16.3. The van der Waals surface area contributed by atoms with Crippen LogP contribution in [-0.4, -0.2) is 19.0 Å². The molecule has 0 aliphatic heterocycles. The highest BCUT2D eigenvalue weighted by molar-refractivity contribution is 6.04. The fraction of sp³-hybridized carbons (Fsp3) is 0.167. The molecule has 148 valence electrons. The van der Waals surface area contributed by atoms with Gasteiger partial charge in [-0.3, -0.25) is 9.59 Å². The van der Waals surface area contributed by atoms with Crippen molar-refractivity contribution in [3.63, 3.8) is 0 Å². The van der Waals surface area contributed by atoms with Crippen LogP contribution < -0.4 is 10.1 Å². The number of benzene rings is 3. The molecule has 0 heterocycles. The van der Waals surface area contributed by atoms with Gasteiger partial charge in [0.15, 0.2) is 0 Å². The van der Waals surface area contributed by atoms with E-state index < -0.39 is 0 Å². The molecule has 0 unspecified atom stereocenters. The number of methoxy groups -OCH3 is 1. The Morgan fingerprint density at radius 2 is 1.48 bits per heavy atom.